The van der Waals surface area contributed by atoms with Gasteiger partial charge in [-0.05, 0) is 30.9 Å². The van der Waals surface area contributed by atoms with Gasteiger partial charge in [0.15, 0.2) is 0 Å². The number of aliphatic hydroxyl groups excluding tert-OH is 1. The quantitative estimate of drug-likeness (QED) is 0.757. The van der Waals surface area contributed by atoms with Gasteiger partial charge in [0.25, 0.3) is 0 Å². The average molecular weight is 307 g/mol. The maximum Gasteiger partial charge on any atom is 0.319 e. The van der Waals surface area contributed by atoms with E-state index in [4.69, 9.17) is 16.7 Å². The standard InChI is InChI=1S/C12H16ClFN2O2S/c1-19-7-9(4-5-17)16-12(18)15-8-2-3-10(13)11(14)6-8/h2-3,6,9,17H,4-5,7H2,1H3,(H2,15,16,18)/t9-/m1/s1. The number of carbonyl (C=O) groups is 1. The molecule has 0 heterocycles. The normalized spacial score (nSPS) is 12.0. The van der Waals surface area contributed by atoms with Crippen LogP contribution in [0.25, 0.3) is 0 Å². The fourth-order valence-corrected chi connectivity index (χ4v) is 2.25. The van der Waals surface area contributed by atoms with Crippen LogP contribution in [0.4, 0.5) is 14.9 Å². The van der Waals surface area contributed by atoms with Crippen molar-refractivity contribution >= 4 is 35.1 Å². The van der Waals surface area contributed by atoms with Crippen molar-refractivity contribution in [2.24, 2.45) is 0 Å². The molecule has 1 atom stereocenters. The van der Waals surface area contributed by atoms with Crippen molar-refractivity contribution in [2.75, 3.05) is 23.9 Å². The highest BCUT2D eigenvalue weighted by Crippen LogP contribution is 2.18. The summed E-state index contributed by atoms with van der Waals surface area (Å²) < 4.78 is 13.2. The van der Waals surface area contributed by atoms with Crippen molar-refractivity contribution < 1.29 is 14.3 Å². The number of carbonyl (C=O) groups excluding carboxylic acids is 1. The largest absolute Gasteiger partial charge is 0.396 e. The van der Waals surface area contributed by atoms with Gasteiger partial charge in [-0.15, -0.1) is 0 Å². The molecule has 4 nitrogen and oxygen atoms in total. The van der Waals surface area contributed by atoms with Gasteiger partial charge >= 0.3 is 6.03 Å². The third kappa shape index (κ3) is 5.67. The third-order valence-corrected chi connectivity index (χ3v) is 3.40. The van der Waals surface area contributed by atoms with Gasteiger partial charge in [0.2, 0.25) is 0 Å². The average Bonchev–Trinajstić information content (AvgIpc) is 2.34. The Hall–Kier alpha value is -0.980. The summed E-state index contributed by atoms with van der Waals surface area (Å²) in [5.74, 6) is 0.110. The molecule has 0 spiro atoms. The number of amides is 2. The molecule has 7 heteroatoms. The molecular formula is C12H16ClFN2O2S. The zero-order valence-electron chi connectivity index (χ0n) is 10.5. The first-order valence-electron chi connectivity index (χ1n) is 5.69. The van der Waals surface area contributed by atoms with Crippen molar-refractivity contribution in [3.63, 3.8) is 0 Å². The van der Waals surface area contributed by atoms with Gasteiger partial charge in [-0.3, -0.25) is 0 Å². The molecule has 19 heavy (non-hydrogen) atoms. The predicted molar refractivity (Wildman–Crippen MR) is 77.4 cm³/mol. The van der Waals surface area contributed by atoms with E-state index in [1.54, 1.807) is 11.8 Å². The molecule has 0 saturated carbocycles. The van der Waals surface area contributed by atoms with Crippen LogP contribution in [0.1, 0.15) is 6.42 Å². The van der Waals surface area contributed by atoms with Crippen LogP contribution in [0, 0.1) is 5.82 Å². The topological polar surface area (TPSA) is 61.4 Å². The van der Waals surface area contributed by atoms with Crippen molar-refractivity contribution in [1.29, 1.82) is 0 Å². The summed E-state index contributed by atoms with van der Waals surface area (Å²) in [6, 6.07) is 3.48. The lowest BCUT2D eigenvalue weighted by Gasteiger charge is -2.17. The van der Waals surface area contributed by atoms with Crippen LogP contribution in [0.15, 0.2) is 18.2 Å². The fraction of sp³-hybridized carbons (Fsp3) is 0.417. The molecule has 0 unspecified atom stereocenters. The SMILES string of the molecule is CSC[C@@H](CCO)NC(=O)Nc1ccc(Cl)c(F)c1. The molecule has 2 amide bonds. The summed E-state index contributed by atoms with van der Waals surface area (Å²) in [6.07, 6.45) is 2.39. The molecule has 1 rings (SSSR count). The number of urea groups is 1. The van der Waals surface area contributed by atoms with Crippen LogP contribution in [0.3, 0.4) is 0 Å². The monoisotopic (exact) mass is 306 g/mol. The molecule has 0 bridgehead atoms. The van der Waals surface area contributed by atoms with Crippen molar-refractivity contribution in [1.82, 2.24) is 5.32 Å². The van der Waals surface area contributed by atoms with Crippen LogP contribution < -0.4 is 10.6 Å². The van der Waals surface area contributed by atoms with Crippen LogP contribution >= 0.6 is 23.4 Å². The molecule has 1 aromatic carbocycles. The summed E-state index contributed by atoms with van der Waals surface area (Å²) in [4.78, 5) is 11.7. The third-order valence-electron chi connectivity index (χ3n) is 2.36. The number of hydrogen-bond acceptors (Lipinski definition) is 3. The van der Waals surface area contributed by atoms with E-state index in [1.807, 2.05) is 6.26 Å². The van der Waals surface area contributed by atoms with Gasteiger partial charge in [0, 0.05) is 24.1 Å². The molecular weight excluding hydrogens is 291 g/mol. The molecule has 0 saturated heterocycles. The van der Waals surface area contributed by atoms with Gasteiger partial charge in [0.05, 0.1) is 5.02 Å². The van der Waals surface area contributed by atoms with Gasteiger partial charge in [-0.1, -0.05) is 11.6 Å². The fourth-order valence-electron chi connectivity index (χ4n) is 1.48. The highest BCUT2D eigenvalue weighted by molar-refractivity contribution is 7.98. The Labute approximate surface area is 120 Å². The number of benzene rings is 1. The maximum absolute atomic E-state index is 13.2. The molecule has 3 N–H and O–H groups in total. The lowest BCUT2D eigenvalue weighted by molar-refractivity contribution is 0.241. The minimum atomic E-state index is -0.588. The van der Waals surface area contributed by atoms with Crippen LogP contribution in [-0.2, 0) is 0 Å². The highest BCUT2D eigenvalue weighted by atomic mass is 35.5. The zero-order chi connectivity index (χ0) is 14.3. The zero-order valence-corrected chi connectivity index (χ0v) is 12.0. The Kier molecular flexibility index (Phi) is 6.97. The number of anilines is 1. The molecule has 0 aromatic heterocycles. The molecule has 0 aliphatic carbocycles. The van der Waals surface area contributed by atoms with E-state index in [-0.39, 0.29) is 17.7 Å². The van der Waals surface area contributed by atoms with E-state index >= 15 is 0 Å². The maximum atomic E-state index is 13.2. The minimum absolute atomic E-state index is 0.00107. The summed E-state index contributed by atoms with van der Waals surface area (Å²) >= 11 is 7.12. The van der Waals surface area contributed by atoms with Crippen molar-refractivity contribution in [3.8, 4) is 0 Å². The Morgan fingerprint density at radius 1 is 1.58 bits per heavy atom. The first-order chi connectivity index (χ1) is 9.06. The first kappa shape index (κ1) is 16.1. The molecule has 0 radical (unpaired) electrons. The second-order valence-corrected chi connectivity index (χ2v) is 5.21. The molecule has 0 aliphatic heterocycles. The summed E-state index contributed by atoms with van der Waals surface area (Å²) in [7, 11) is 0. The predicted octanol–water partition coefficient (Wildman–Crippen LogP) is 2.71. The smallest absolute Gasteiger partial charge is 0.319 e. The minimum Gasteiger partial charge on any atom is -0.396 e. The Morgan fingerprint density at radius 3 is 2.89 bits per heavy atom. The van der Waals surface area contributed by atoms with Crippen LogP contribution in [-0.4, -0.2) is 35.8 Å². The lowest BCUT2D eigenvalue weighted by atomic mass is 10.2. The summed E-state index contributed by atoms with van der Waals surface area (Å²) in [6.45, 7) is 0.00107. The van der Waals surface area contributed by atoms with E-state index < -0.39 is 11.8 Å². The second kappa shape index (κ2) is 8.24. The van der Waals surface area contributed by atoms with E-state index in [0.29, 0.717) is 17.9 Å². The highest BCUT2D eigenvalue weighted by Gasteiger charge is 2.11. The number of aliphatic hydroxyl groups is 1. The van der Waals surface area contributed by atoms with Crippen molar-refractivity contribution in [2.45, 2.75) is 12.5 Å². The number of halogens is 2. The van der Waals surface area contributed by atoms with Gasteiger partial charge in [-0.25, -0.2) is 9.18 Å². The van der Waals surface area contributed by atoms with Crippen molar-refractivity contribution in [3.05, 3.63) is 29.0 Å². The van der Waals surface area contributed by atoms with Gasteiger partial charge in [-0.2, -0.15) is 11.8 Å². The first-order valence-corrected chi connectivity index (χ1v) is 7.46. The van der Waals surface area contributed by atoms with Crippen LogP contribution in [0.2, 0.25) is 5.02 Å². The molecule has 1 aromatic rings. The second-order valence-electron chi connectivity index (χ2n) is 3.89. The van der Waals surface area contributed by atoms with E-state index in [0.717, 1.165) is 6.07 Å². The Balaban J connectivity index is 2.55. The van der Waals surface area contributed by atoms with Gasteiger partial charge in [0.1, 0.15) is 5.82 Å². The Bertz CT molecular complexity index is 428. The number of nitrogens with one attached hydrogen (secondary N) is 2. The molecule has 0 fully saturated rings. The van der Waals surface area contributed by atoms with Crippen LogP contribution in [0.5, 0.6) is 0 Å². The molecule has 106 valence electrons. The summed E-state index contributed by atoms with van der Waals surface area (Å²) in [5, 5.41) is 14.1. The number of hydrogen-bond donors (Lipinski definition) is 3. The van der Waals surface area contributed by atoms with E-state index in [1.165, 1.54) is 12.1 Å². The lowest BCUT2D eigenvalue weighted by Crippen LogP contribution is -2.40. The number of thioether (sulfide) groups is 1. The Morgan fingerprint density at radius 2 is 2.32 bits per heavy atom. The van der Waals surface area contributed by atoms with Gasteiger partial charge < -0.3 is 15.7 Å². The molecule has 0 aliphatic rings. The van der Waals surface area contributed by atoms with E-state index in [2.05, 4.69) is 10.6 Å². The number of rotatable bonds is 6. The summed E-state index contributed by atoms with van der Waals surface area (Å²) in [5.41, 5.74) is 0.325. The van der Waals surface area contributed by atoms with E-state index in [9.17, 15) is 9.18 Å².